The van der Waals surface area contributed by atoms with E-state index in [9.17, 15) is 4.79 Å². The van der Waals surface area contributed by atoms with Crippen LogP contribution in [0.2, 0.25) is 0 Å². The molecule has 13 heavy (non-hydrogen) atoms. The van der Waals surface area contributed by atoms with Crippen molar-refractivity contribution in [3.63, 3.8) is 0 Å². The van der Waals surface area contributed by atoms with Gasteiger partial charge in [0.05, 0.1) is 5.71 Å². The highest BCUT2D eigenvalue weighted by Crippen LogP contribution is 2.25. The molecule has 5 heteroatoms. The Hall–Kier alpha value is -1.10. The summed E-state index contributed by atoms with van der Waals surface area (Å²) in [5.41, 5.74) is 8.32. The first-order valence-corrected chi connectivity index (χ1v) is 4.63. The van der Waals surface area contributed by atoms with E-state index in [1.165, 1.54) is 19.4 Å². The Morgan fingerprint density at radius 2 is 2.46 bits per heavy atom. The Bertz CT molecular complexity index is 251. The fourth-order valence-corrected chi connectivity index (χ4v) is 2.15. The maximum atomic E-state index is 10.4. The number of nitrogens with two attached hydrogens (primary N) is 1. The van der Waals surface area contributed by atoms with Crippen LogP contribution in [0.25, 0.3) is 0 Å². The second-order valence-electron chi connectivity index (χ2n) is 3.52. The zero-order chi connectivity index (χ0) is 9.26. The van der Waals surface area contributed by atoms with E-state index in [2.05, 4.69) is 15.4 Å². The number of rotatable bonds is 1. The van der Waals surface area contributed by atoms with E-state index in [0.717, 1.165) is 18.7 Å². The van der Waals surface area contributed by atoms with Gasteiger partial charge in [0.2, 0.25) is 0 Å². The molecule has 0 aliphatic carbocycles. The van der Waals surface area contributed by atoms with Crippen LogP contribution in [0.1, 0.15) is 19.3 Å². The third-order valence-electron chi connectivity index (χ3n) is 2.71. The number of carbonyl (C=O) groups is 1. The molecule has 2 saturated heterocycles. The molecule has 0 spiro atoms. The highest BCUT2D eigenvalue weighted by molar-refractivity contribution is 5.92. The fraction of sp³-hybridized carbons (Fsp3) is 0.750. The number of amides is 2. The summed E-state index contributed by atoms with van der Waals surface area (Å²) in [5.74, 6) is 0. The van der Waals surface area contributed by atoms with E-state index in [4.69, 9.17) is 5.73 Å². The van der Waals surface area contributed by atoms with Gasteiger partial charge < -0.3 is 5.73 Å². The van der Waals surface area contributed by atoms with Crippen molar-refractivity contribution < 1.29 is 4.79 Å². The standard InChI is InChI=1S/C8H14N4O/c9-8(13)11-10-6-3-5-12-4-1-2-7(6)12/h7H,1-5H2,(H3,9,11,13)/b10-6+. The quantitative estimate of drug-likeness (QED) is 0.555. The molecule has 0 aromatic rings. The molecule has 3 N–H and O–H groups in total. The van der Waals surface area contributed by atoms with Gasteiger partial charge in [0.25, 0.3) is 0 Å². The van der Waals surface area contributed by atoms with Crippen molar-refractivity contribution in [1.29, 1.82) is 0 Å². The molecule has 0 saturated carbocycles. The largest absolute Gasteiger partial charge is 0.350 e. The third kappa shape index (κ3) is 1.65. The highest BCUT2D eigenvalue weighted by Gasteiger charge is 2.34. The number of primary amides is 1. The lowest BCUT2D eigenvalue weighted by molar-refractivity contribution is 0.249. The SMILES string of the molecule is NC(=O)N/N=C1\CCN2CCCC12. The number of nitrogens with one attached hydrogen (secondary N) is 1. The molecule has 0 aromatic heterocycles. The Balaban J connectivity index is 2.00. The zero-order valence-electron chi connectivity index (χ0n) is 7.49. The molecule has 2 rings (SSSR count). The van der Waals surface area contributed by atoms with Crippen molar-refractivity contribution in [2.45, 2.75) is 25.3 Å². The topological polar surface area (TPSA) is 70.7 Å². The first kappa shape index (κ1) is 8.50. The van der Waals surface area contributed by atoms with Gasteiger partial charge >= 0.3 is 6.03 Å². The van der Waals surface area contributed by atoms with Crippen molar-refractivity contribution >= 4 is 11.7 Å². The summed E-state index contributed by atoms with van der Waals surface area (Å²) in [6, 6.07) is -0.115. The lowest BCUT2D eigenvalue weighted by atomic mass is 10.1. The van der Waals surface area contributed by atoms with Crippen LogP contribution in [-0.2, 0) is 0 Å². The van der Waals surface area contributed by atoms with Gasteiger partial charge in [-0.05, 0) is 19.4 Å². The third-order valence-corrected chi connectivity index (χ3v) is 2.71. The van der Waals surface area contributed by atoms with Crippen molar-refractivity contribution in [1.82, 2.24) is 10.3 Å². The number of carbonyl (C=O) groups excluding carboxylic acids is 1. The maximum absolute atomic E-state index is 10.4. The molecule has 0 bridgehead atoms. The van der Waals surface area contributed by atoms with E-state index in [0.29, 0.717) is 6.04 Å². The minimum Gasteiger partial charge on any atom is -0.350 e. The molecule has 1 atom stereocenters. The number of hydrogen-bond donors (Lipinski definition) is 2. The van der Waals surface area contributed by atoms with Gasteiger partial charge in [0.1, 0.15) is 0 Å². The Labute approximate surface area is 77.0 Å². The Morgan fingerprint density at radius 1 is 1.62 bits per heavy atom. The van der Waals surface area contributed by atoms with Crippen molar-refractivity contribution in [2.75, 3.05) is 13.1 Å². The van der Waals surface area contributed by atoms with Gasteiger partial charge in [-0.1, -0.05) is 0 Å². The second kappa shape index (κ2) is 3.33. The van der Waals surface area contributed by atoms with Crippen LogP contribution in [0.5, 0.6) is 0 Å². The van der Waals surface area contributed by atoms with E-state index >= 15 is 0 Å². The molecule has 0 aromatic carbocycles. The number of urea groups is 1. The van der Waals surface area contributed by atoms with Crippen LogP contribution in [0.15, 0.2) is 5.10 Å². The maximum Gasteiger partial charge on any atom is 0.332 e. The summed E-state index contributed by atoms with van der Waals surface area (Å²) < 4.78 is 0. The molecule has 2 aliphatic heterocycles. The van der Waals surface area contributed by atoms with Gasteiger partial charge in [-0.15, -0.1) is 0 Å². The minimum absolute atomic E-state index is 0.465. The molecule has 72 valence electrons. The average molecular weight is 182 g/mol. The lowest BCUT2D eigenvalue weighted by Gasteiger charge is -2.12. The fourth-order valence-electron chi connectivity index (χ4n) is 2.15. The van der Waals surface area contributed by atoms with Crippen molar-refractivity contribution in [2.24, 2.45) is 10.8 Å². The van der Waals surface area contributed by atoms with Gasteiger partial charge in [-0.25, -0.2) is 10.2 Å². The number of hydrazone groups is 1. The molecular formula is C8H14N4O. The summed E-state index contributed by atoms with van der Waals surface area (Å²) in [5, 5.41) is 4.02. The van der Waals surface area contributed by atoms with Gasteiger partial charge in [0, 0.05) is 19.0 Å². The molecule has 2 amide bonds. The number of fused-ring (bicyclic) bond motifs is 1. The first-order valence-electron chi connectivity index (χ1n) is 4.63. The monoisotopic (exact) mass is 182 g/mol. The smallest absolute Gasteiger partial charge is 0.332 e. The van der Waals surface area contributed by atoms with Crippen LogP contribution in [0, 0.1) is 0 Å². The summed E-state index contributed by atoms with van der Waals surface area (Å²) >= 11 is 0. The summed E-state index contributed by atoms with van der Waals surface area (Å²) in [7, 11) is 0. The number of nitrogens with zero attached hydrogens (tertiary/aromatic N) is 2. The summed E-state index contributed by atoms with van der Waals surface area (Å²) in [6.45, 7) is 2.24. The summed E-state index contributed by atoms with van der Waals surface area (Å²) in [6.07, 6.45) is 3.37. The van der Waals surface area contributed by atoms with Crippen LogP contribution < -0.4 is 11.2 Å². The zero-order valence-corrected chi connectivity index (χ0v) is 7.49. The van der Waals surface area contributed by atoms with Gasteiger partial charge in [-0.3, -0.25) is 4.90 Å². The Kier molecular flexibility index (Phi) is 2.18. The van der Waals surface area contributed by atoms with E-state index in [-0.39, 0.29) is 0 Å². The lowest BCUT2D eigenvalue weighted by Crippen LogP contribution is -2.30. The molecule has 2 heterocycles. The predicted molar refractivity (Wildman–Crippen MR) is 49.4 cm³/mol. The van der Waals surface area contributed by atoms with Crippen LogP contribution in [0.4, 0.5) is 4.79 Å². The number of hydrogen-bond acceptors (Lipinski definition) is 3. The average Bonchev–Trinajstić information content (AvgIpc) is 2.60. The molecule has 2 aliphatic rings. The first-order chi connectivity index (χ1) is 6.27. The van der Waals surface area contributed by atoms with Crippen molar-refractivity contribution in [3.8, 4) is 0 Å². The second-order valence-corrected chi connectivity index (χ2v) is 3.52. The van der Waals surface area contributed by atoms with Gasteiger partial charge in [0.15, 0.2) is 0 Å². The Morgan fingerprint density at radius 3 is 3.23 bits per heavy atom. The van der Waals surface area contributed by atoms with E-state index in [1.54, 1.807) is 0 Å². The molecule has 1 unspecified atom stereocenters. The highest BCUT2D eigenvalue weighted by atomic mass is 16.2. The molecular weight excluding hydrogens is 168 g/mol. The van der Waals surface area contributed by atoms with Gasteiger partial charge in [-0.2, -0.15) is 5.10 Å². The van der Waals surface area contributed by atoms with E-state index < -0.39 is 6.03 Å². The van der Waals surface area contributed by atoms with Crippen molar-refractivity contribution in [3.05, 3.63) is 0 Å². The molecule has 5 nitrogen and oxygen atoms in total. The van der Waals surface area contributed by atoms with Crippen LogP contribution in [-0.4, -0.2) is 35.8 Å². The van der Waals surface area contributed by atoms with E-state index in [1.807, 2.05) is 0 Å². The molecule has 0 radical (unpaired) electrons. The summed E-state index contributed by atoms with van der Waals surface area (Å²) in [4.78, 5) is 12.8. The predicted octanol–water partition coefficient (Wildman–Crippen LogP) is -0.121. The normalized spacial score (nSPS) is 30.8. The van der Waals surface area contributed by atoms with Crippen LogP contribution >= 0.6 is 0 Å². The minimum atomic E-state index is -0.580. The molecule has 2 fully saturated rings. The van der Waals surface area contributed by atoms with Crippen LogP contribution in [0.3, 0.4) is 0 Å².